The van der Waals surface area contributed by atoms with Crippen LogP contribution in [0, 0.1) is 4.91 Å². The molecule has 6 heteroatoms. The number of fused-ring (bicyclic) bond motifs is 1. The van der Waals surface area contributed by atoms with Crippen LogP contribution in [-0.2, 0) is 17.6 Å². The summed E-state index contributed by atoms with van der Waals surface area (Å²) in [5.41, 5.74) is 7.66. The number of hydrogen-bond donors (Lipinski definition) is 2. The van der Waals surface area contributed by atoms with Crippen LogP contribution < -0.4 is 10.9 Å². The van der Waals surface area contributed by atoms with E-state index in [2.05, 4.69) is 16.0 Å². The van der Waals surface area contributed by atoms with E-state index < -0.39 is 11.7 Å². The molecule has 0 saturated carbocycles. The number of carbonyl (C=O) groups excluding carboxylic acids is 1. The quantitative estimate of drug-likeness (QED) is 0.655. The zero-order chi connectivity index (χ0) is 14.8. The largest absolute Gasteiger partial charge is 0.443 e. The zero-order valence-corrected chi connectivity index (χ0v) is 11.9. The van der Waals surface area contributed by atoms with E-state index in [-0.39, 0.29) is 0 Å². The van der Waals surface area contributed by atoms with Crippen LogP contribution in [-0.4, -0.2) is 11.7 Å². The van der Waals surface area contributed by atoms with E-state index in [9.17, 15) is 9.70 Å². The molecule has 0 aromatic heterocycles. The number of carbonyl (C=O) groups is 1. The number of amides is 1. The van der Waals surface area contributed by atoms with Crippen LogP contribution in [0.3, 0.4) is 0 Å². The average molecular weight is 277 g/mol. The smallest absolute Gasteiger partial charge is 0.426 e. The summed E-state index contributed by atoms with van der Waals surface area (Å²) >= 11 is 0. The summed E-state index contributed by atoms with van der Waals surface area (Å²) in [6.45, 7) is 5.33. The number of ether oxygens (including phenoxy) is 1. The number of nitrogens with one attached hydrogen (secondary N) is 2. The first-order valence-electron chi connectivity index (χ1n) is 6.63. The molecule has 20 heavy (non-hydrogen) atoms. The Bertz CT molecular complexity index is 535. The van der Waals surface area contributed by atoms with Crippen molar-refractivity contribution in [3.63, 3.8) is 0 Å². The summed E-state index contributed by atoms with van der Waals surface area (Å²) in [5.74, 6) is 0. The predicted molar refractivity (Wildman–Crippen MR) is 76.9 cm³/mol. The van der Waals surface area contributed by atoms with Crippen molar-refractivity contribution < 1.29 is 9.53 Å². The highest BCUT2D eigenvalue weighted by Gasteiger charge is 2.18. The number of aryl methyl sites for hydroxylation is 2. The fourth-order valence-corrected chi connectivity index (χ4v) is 2.21. The molecule has 108 valence electrons. The predicted octanol–water partition coefficient (Wildman–Crippen LogP) is 3.42. The Morgan fingerprint density at radius 1 is 1.25 bits per heavy atom. The van der Waals surface area contributed by atoms with Crippen LogP contribution >= 0.6 is 0 Å². The van der Waals surface area contributed by atoms with Crippen LogP contribution in [0.4, 0.5) is 16.2 Å². The van der Waals surface area contributed by atoms with Gasteiger partial charge in [-0.25, -0.2) is 10.2 Å². The molecule has 1 aliphatic carbocycles. The van der Waals surface area contributed by atoms with Gasteiger partial charge in [-0.3, -0.25) is 5.43 Å². The van der Waals surface area contributed by atoms with Crippen molar-refractivity contribution in [3.05, 3.63) is 28.2 Å². The van der Waals surface area contributed by atoms with Gasteiger partial charge >= 0.3 is 6.09 Å². The molecule has 2 rings (SSSR count). The first kappa shape index (κ1) is 14.3. The number of rotatable bonds is 3. The molecule has 2 N–H and O–H groups in total. The van der Waals surface area contributed by atoms with Crippen molar-refractivity contribution in [1.82, 2.24) is 5.43 Å². The maximum atomic E-state index is 11.6. The Morgan fingerprint density at radius 3 is 2.50 bits per heavy atom. The van der Waals surface area contributed by atoms with Gasteiger partial charge in [0.05, 0.1) is 5.69 Å². The Hall–Kier alpha value is -2.11. The number of anilines is 1. The molecule has 1 amide bonds. The van der Waals surface area contributed by atoms with Crippen LogP contribution in [0.1, 0.15) is 38.3 Å². The molecule has 1 aromatic carbocycles. The van der Waals surface area contributed by atoms with Gasteiger partial charge in [0.25, 0.3) is 0 Å². The number of nitrogens with zero attached hydrogens (tertiary/aromatic N) is 1. The molecule has 0 aliphatic heterocycles. The standard InChI is InChI=1S/C14H19N3O3/c1-14(2,3)20-13(18)16-15-11-7-9-5-4-6-10(9)8-12(11)17-19/h7-8,15H,4-6H2,1-3H3,(H,16,18). The van der Waals surface area contributed by atoms with E-state index in [4.69, 9.17) is 4.74 Å². The normalized spacial score (nSPS) is 13.6. The molecule has 0 radical (unpaired) electrons. The highest BCUT2D eigenvalue weighted by molar-refractivity contribution is 5.74. The molecule has 0 fully saturated rings. The molecule has 0 heterocycles. The minimum Gasteiger partial charge on any atom is -0.443 e. The van der Waals surface area contributed by atoms with Crippen LogP contribution in [0.25, 0.3) is 0 Å². The van der Waals surface area contributed by atoms with Crippen molar-refractivity contribution in [2.45, 2.75) is 45.6 Å². The van der Waals surface area contributed by atoms with E-state index >= 15 is 0 Å². The highest BCUT2D eigenvalue weighted by Crippen LogP contribution is 2.33. The molecule has 0 unspecified atom stereocenters. The minimum absolute atomic E-state index is 0.293. The van der Waals surface area contributed by atoms with Gasteiger partial charge in [0.1, 0.15) is 11.3 Å². The molecule has 0 saturated heterocycles. The highest BCUT2D eigenvalue weighted by atomic mass is 16.6. The van der Waals surface area contributed by atoms with Crippen molar-refractivity contribution >= 4 is 17.5 Å². The number of hydrogen-bond acceptors (Lipinski definition) is 5. The van der Waals surface area contributed by atoms with E-state index in [0.29, 0.717) is 11.4 Å². The van der Waals surface area contributed by atoms with Crippen molar-refractivity contribution in [2.75, 3.05) is 5.43 Å². The van der Waals surface area contributed by atoms with Crippen molar-refractivity contribution in [1.29, 1.82) is 0 Å². The monoisotopic (exact) mass is 277 g/mol. The van der Waals surface area contributed by atoms with Gasteiger partial charge in [-0.05, 0) is 68.5 Å². The third-order valence-electron chi connectivity index (χ3n) is 3.01. The molecule has 0 spiro atoms. The second-order valence-corrected chi connectivity index (χ2v) is 5.83. The Balaban J connectivity index is 2.06. The lowest BCUT2D eigenvalue weighted by atomic mass is 10.1. The van der Waals surface area contributed by atoms with Gasteiger partial charge in [-0.15, -0.1) is 4.91 Å². The van der Waals surface area contributed by atoms with Gasteiger partial charge < -0.3 is 4.74 Å². The Kier molecular flexibility index (Phi) is 3.92. The van der Waals surface area contributed by atoms with Gasteiger partial charge in [-0.1, -0.05) is 0 Å². The maximum absolute atomic E-state index is 11.6. The van der Waals surface area contributed by atoms with Gasteiger partial charge in [0.2, 0.25) is 0 Å². The van der Waals surface area contributed by atoms with Crippen molar-refractivity contribution in [3.8, 4) is 0 Å². The van der Waals surface area contributed by atoms with Crippen molar-refractivity contribution in [2.24, 2.45) is 5.18 Å². The second-order valence-electron chi connectivity index (χ2n) is 5.83. The molecule has 6 nitrogen and oxygen atoms in total. The molecular formula is C14H19N3O3. The first-order chi connectivity index (χ1) is 9.39. The fourth-order valence-electron chi connectivity index (χ4n) is 2.21. The van der Waals surface area contributed by atoms with Gasteiger partial charge in [0, 0.05) is 0 Å². The number of hydrazine groups is 1. The fraction of sp³-hybridized carbons (Fsp3) is 0.500. The summed E-state index contributed by atoms with van der Waals surface area (Å²) in [6, 6.07) is 3.63. The molecule has 1 aliphatic rings. The van der Waals surface area contributed by atoms with E-state index in [0.717, 1.165) is 24.8 Å². The summed E-state index contributed by atoms with van der Waals surface area (Å²) in [7, 11) is 0. The minimum atomic E-state index is -0.602. The average Bonchev–Trinajstić information content (AvgIpc) is 2.79. The van der Waals surface area contributed by atoms with Gasteiger partial charge in [0.15, 0.2) is 0 Å². The third kappa shape index (κ3) is 3.46. The Labute approximate surface area is 117 Å². The summed E-state index contributed by atoms with van der Waals surface area (Å²) < 4.78 is 5.10. The van der Waals surface area contributed by atoms with Gasteiger partial charge in [-0.2, -0.15) is 0 Å². The number of benzene rings is 1. The van der Waals surface area contributed by atoms with E-state index in [1.165, 1.54) is 5.56 Å². The van der Waals surface area contributed by atoms with Crippen LogP contribution in [0.15, 0.2) is 17.3 Å². The van der Waals surface area contributed by atoms with E-state index in [1.807, 2.05) is 6.07 Å². The topological polar surface area (TPSA) is 79.8 Å². The first-order valence-corrected chi connectivity index (χ1v) is 6.63. The lowest BCUT2D eigenvalue weighted by Crippen LogP contribution is -2.35. The molecular weight excluding hydrogens is 258 g/mol. The zero-order valence-electron chi connectivity index (χ0n) is 11.9. The lowest BCUT2D eigenvalue weighted by molar-refractivity contribution is 0.0541. The van der Waals surface area contributed by atoms with Crippen LogP contribution in [0.2, 0.25) is 0 Å². The third-order valence-corrected chi connectivity index (χ3v) is 3.01. The maximum Gasteiger partial charge on any atom is 0.426 e. The molecule has 0 bridgehead atoms. The van der Waals surface area contributed by atoms with Crippen LogP contribution in [0.5, 0.6) is 0 Å². The Morgan fingerprint density at radius 2 is 1.90 bits per heavy atom. The SMILES string of the molecule is CC(C)(C)OC(=O)NNc1cc2c(cc1N=O)CCC2. The second kappa shape index (κ2) is 5.48. The van der Waals surface area contributed by atoms with E-state index in [1.54, 1.807) is 26.8 Å². The summed E-state index contributed by atoms with van der Waals surface area (Å²) in [5, 5.41) is 3.00. The lowest BCUT2D eigenvalue weighted by Gasteiger charge is -2.20. The molecule has 0 atom stereocenters. The number of nitroso groups, excluding NO2 is 1. The summed E-state index contributed by atoms with van der Waals surface area (Å²) in [4.78, 5) is 22.4. The molecule has 1 aromatic rings. The summed E-state index contributed by atoms with van der Waals surface area (Å²) in [6.07, 6.45) is 2.43.